The molecular formula is C21H33IN6O2. The van der Waals surface area contributed by atoms with Crippen LogP contribution in [-0.2, 0) is 18.4 Å². The number of hydrogen-bond donors (Lipinski definition) is 2. The number of methoxy groups -OCH3 is 2. The number of benzene rings is 1. The van der Waals surface area contributed by atoms with Crippen LogP contribution in [-0.4, -0.2) is 54.6 Å². The fourth-order valence-corrected chi connectivity index (χ4v) is 3.60. The van der Waals surface area contributed by atoms with Crippen LogP contribution in [0.25, 0.3) is 0 Å². The average molecular weight is 528 g/mol. The molecule has 1 aromatic carbocycles. The Labute approximate surface area is 195 Å². The Bertz CT molecular complexity index is 880. The van der Waals surface area contributed by atoms with Crippen LogP contribution >= 0.6 is 24.0 Å². The van der Waals surface area contributed by atoms with Gasteiger partial charge in [-0.05, 0) is 31.0 Å². The second-order valence-corrected chi connectivity index (χ2v) is 8.02. The van der Waals surface area contributed by atoms with Crippen LogP contribution in [0.3, 0.4) is 0 Å². The zero-order chi connectivity index (χ0) is 21.0. The second kappa shape index (κ2) is 10.3. The van der Waals surface area contributed by atoms with E-state index in [1.807, 2.05) is 23.7 Å². The molecule has 2 heterocycles. The van der Waals surface area contributed by atoms with E-state index < -0.39 is 0 Å². The summed E-state index contributed by atoms with van der Waals surface area (Å²) in [7, 11) is 5.10. The predicted molar refractivity (Wildman–Crippen MR) is 129 cm³/mol. The van der Waals surface area contributed by atoms with E-state index in [-0.39, 0.29) is 35.4 Å². The first-order valence-corrected chi connectivity index (χ1v) is 9.96. The molecule has 1 unspecified atom stereocenters. The lowest BCUT2D eigenvalue weighted by Crippen LogP contribution is -2.49. The highest BCUT2D eigenvalue weighted by Gasteiger charge is 2.25. The van der Waals surface area contributed by atoms with Gasteiger partial charge in [0, 0.05) is 31.5 Å². The molecule has 8 nitrogen and oxygen atoms in total. The van der Waals surface area contributed by atoms with Crippen LogP contribution in [0.5, 0.6) is 11.5 Å². The van der Waals surface area contributed by atoms with Gasteiger partial charge in [-0.3, -0.25) is 4.99 Å². The maximum absolute atomic E-state index is 5.45. The molecule has 1 aliphatic rings. The van der Waals surface area contributed by atoms with Crippen molar-refractivity contribution >= 4 is 29.9 Å². The van der Waals surface area contributed by atoms with E-state index in [2.05, 4.69) is 45.6 Å². The summed E-state index contributed by atoms with van der Waals surface area (Å²) in [5.41, 5.74) is 1.04. The van der Waals surface area contributed by atoms with Gasteiger partial charge in [-0.25, -0.2) is 9.67 Å². The highest BCUT2D eigenvalue weighted by Crippen LogP contribution is 2.32. The first-order valence-electron chi connectivity index (χ1n) is 9.96. The standard InChI is InChI=1S/C21H32N6O2.HI/c1-14-24-19-10-8-16(12-27(19)26-14)25-20(22-4)23-13-21(2,3)15-7-9-17(28-5)18(11-15)29-6;/h7,9,11,16H,8,10,12-13H2,1-6H3,(H2,22,23,25);1H. The number of nitrogens with one attached hydrogen (secondary N) is 2. The summed E-state index contributed by atoms with van der Waals surface area (Å²) in [4.78, 5) is 8.88. The zero-order valence-electron chi connectivity index (χ0n) is 18.7. The van der Waals surface area contributed by atoms with Crippen molar-refractivity contribution in [2.45, 2.75) is 51.6 Å². The smallest absolute Gasteiger partial charge is 0.191 e. The Morgan fingerprint density at radius 1 is 1.27 bits per heavy atom. The lowest BCUT2D eigenvalue weighted by Gasteiger charge is -2.29. The first-order chi connectivity index (χ1) is 13.9. The molecule has 0 spiro atoms. The number of aryl methyl sites for hydroxylation is 2. The van der Waals surface area contributed by atoms with Gasteiger partial charge in [0.25, 0.3) is 0 Å². The minimum absolute atomic E-state index is 0. The predicted octanol–water partition coefficient (Wildman–Crippen LogP) is 2.68. The van der Waals surface area contributed by atoms with Gasteiger partial charge >= 0.3 is 0 Å². The van der Waals surface area contributed by atoms with E-state index in [0.717, 1.165) is 55.0 Å². The van der Waals surface area contributed by atoms with Gasteiger partial charge in [0.05, 0.1) is 20.8 Å². The zero-order valence-corrected chi connectivity index (χ0v) is 21.0. The molecule has 1 aromatic heterocycles. The van der Waals surface area contributed by atoms with Gasteiger partial charge in [0.15, 0.2) is 17.5 Å². The fraction of sp³-hybridized carbons (Fsp3) is 0.571. The molecule has 0 saturated heterocycles. The number of fused-ring (bicyclic) bond motifs is 1. The van der Waals surface area contributed by atoms with Crippen LogP contribution in [0.4, 0.5) is 0 Å². The van der Waals surface area contributed by atoms with E-state index in [9.17, 15) is 0 Å². The molecule has 0 amide bonds. The summed E-state index contributed by atoms with van der Waals surface area (Å²) in [6, 6.07) is 6.34. The minimum Gasteiger partial charge on any atom is -0.493 e. The lowest BCUT2D eigenvalue weighted by molar-refractivity contribution is 0.353. The molecule has 3 rings (SSSR count). The van der Waals surface area contributed by atoms with Crippen LogP contribution in [0.2, 0.25) is 0 Å². The van der Waals surface area contributed by atoms with Crippen LogP contribution in [0.1, 0.15) is 37.5 Å². The largest absolute Gasteiger partial charge is 0.493 e. The Morgan fingerprint density at radius 2 is 2.00 bits per heavy atom. The molecule has 0 radical (unpaired) electrons. The van der Waals surface area contributed by atoms with Gasteiger partial charge < -0.3 is 20.1 Å². The van der Waals surface area contributed by atoms with Gasteiger partial charge in [-0.15, -0.1) is 24.0 Å². The summed E-state index contributed by atoms with van der Waals surface area (Å²) in [6.07, 6.45) is 1.94. The molecule has 1 atom stereocenters. The Morgan fingerprint density at radius 3 is 2.67 bits per heavy atom. The Hall–Kier alpha value is -2.04. The molecule has 9 heteroatoms. The second-order valence-electron chi connectivity index (χ2n) is 8.02. The molecule has 2 aromatic rings. The number of ether oxygens (including phenoxy) is 2. The van der Waals surface area contributed by atoms with Gasteiger partial charge in [-0.2, -0.15) is 5.10 Å². The van der Waals surface area contributed by atoms with Gasteiger partial charge in [0.2, 0.25) is 0 Å². The normalized spacial score (nSPS) is 16.3. The van der Waals surface area contributed by atoms with E-state index in [1.54, 1.807) is 21.3 Å². The maximum Gasteiger partial charge on any atom is 0.191 e. The summed E-state index contributed by atoms with van der Waals surface area (Å²) in [6.45, 7) is 7.85. The molecular weight excluding hydrogens is 495 g/mol. The summed E-state index contributed by atoms with van der Waals surface area (Å²) in [5, 5.41) is 11.5. The van der Waals surface area contributed by atoms with Crippen LogP contribution in [0.15, 0.2) is 23.2 Å². The molecule has 0 fully saturated rings. The molecule has 0 bridgehead atoms. The summed E-state index contributed by atoms with van der Waals surface area (Å²) >= 11 is 0. The molecule has 0 saturated carbocycles. The van der Waals surface area contributed by atoms with Crippen molar-refractivity contribution in [3.63, 3.8) is 0 Å². The quantitative estimate of drug-likeness (QED) is 0.341. The Kier molecular flexibility index (Phi) is 8.34. The SMILES string of the molecule is CN=C(NCC(C)(C)c1ccc(OC)c(OC)c1)NC1CCc2nc(C)nn2C1.I. The average Bonchev–Trinajstić information content (AvgIpc) is 3.09. The number of aliphatic imine (C=N–C) groups is 1. The van der Waals surface area contributed by atoms with Crippen LogP contribution in [0, 0.1) is 6.92 Å². The van der Waals surface area contributed by atoms with Crippen molar-refractivity contribution in [3.05, 3.63) is 35.4 Å². The third-order valence-electron chi connectivity index (χ3n) is 5.39. The van der Waals surface area contributed by atoms with E-state index in [0.29, 0.717) is 0 Å². The van der Waals surface area contributed by atoms with E-state index >= 15 is 0 Å². The number of halogens is 1. The molecule has 30 heavy (non-hydrogen) atoms. The van der Waals surface area contributed by atoms with Crippen molar-refractivity contribution in [2.24, 2.45) is 4.99 Å². The fourth-order valence-electron chi connectivity index (χ4n) is 3.60. The van der Waals surface area contributed by atoms with Gasteiger partial charge in [-0.1, -0.05) is 19.9 Å². The highest BCUT2D eigenvalue weighted by molar-refractivity contribution is 14.0. The van der Waals surface area contributed by atoms with Crippen molar-refractivity contribution < 1.29 is 9.47 Å². The monoisotopic (exact) mass is 528 g/mol. The summed E-state index contributed by atoms with van der Waals surface area (Å²) < 4.78 is 12.8. The number of guanidine groups is 1. The van der Waals surface area contributed by atoms with Crippen LogP contribution < -0.4 is 20.1 Å². The third-order valence-corrected chi connectivity index (χ3v) is 5.39. The summed E-state index contributed by atoms with van der Waals surface area (Å²) in [5.74, 6) is 4.17. The Balaban J connectivity index is 0.00000320. The number of aromatic nitrogens is 3. The molecule has 166 valence electrons. The molecule has 2 N–H and O–H groups in total. The maximum atomic E-state index is 5.45. The topological polar surface area (TPSA) is 85.6 Å². The van der Waals surface area contributed by atoms with Gasteiger partial charge in [0.1, 0.15) is 11.6 Å². The highest BCUT2D eigenvalue weighted by atomic mass is 127. The number of hydrogen-bond acceptors (Lipinski definition) is 5. The minimum atomic E-state index is -0.125. The van der Waals surface area contributed by atoms with E-state index in [1.165, 1.54) is 5.56 Å². The molecule has 0 aliphatic carbocycles. The molecule has 1 aliphatic heterocycles. The van der Waals surface area contributed by atoms with Crippen molar-refractivity contribution in [1.29, 1.82) is 0 Å². The van der Waals surface area contributed by atoms with Crippen molar-refractivity contribution in [3.8, 4) is 11.5 Å². The van der Waals surface area contributed by atoms with Crippen molar-refractivity contribution in [2.75, 3.05) is 27.8 Å². The van der Waals surface area contributed by atoms with Crippen molar-refractivity contribution in [1.82, 2.24) is 25.4 Å². The first kappa shape index (κ1) is 24.2. The number of rotatable bonds is 6. The lowest BCUT2D eigenvalue weighted by atomic mass is 9.84. The van der Waals surface area contributed by atoms with E-state index in [4.69, 9.17) is 9.47 Å². The third kappa shape index (κ3) is 5.55. The number of nitrogens with zero attached hydrogens (tertiary/aromatic N) is 4.